The Balaban J connectivity index is 4.20. The third-order valence-electron chi connectivity index (χ3n) is 3.15. The van der Waals surface area contributed by atoms with E-state index in [-0.39, 0.29) is 5.92 Å². The molecule has 0 radical (unpaired) electrons. The molecule has 1 unspecified atom stereocenters. The van der Waals surface area contributed by atoms with Crippen LogP contribution in [0.1, 0.15) is 53.9 Å². The van der Waals surface area contributed by atoms with Crippen LogP contribution in [0.2, 0.25) is 0 Å². The van der Waals surface area contributed by atoms with Gasteiger partial charge in [0.2, 0.25) is 0 Å². The van der Waals surface area contributed by atoms with Gasteiger partial charge in [-0.15, -0.1) is 0 Å². The summed E-state index contributed by atoms with van der Waals surface area (Å²) in [6, 6.07) is 0. The average Bonchev–Trinajstić information content (AvgIpc) is 2.15. The van der Waals surface area contributed by atoms with Crippen LogP contribution < -0.4 is 0 Å². The molecule has 0 bridgehead atoms. The van der Waals surface area contributed by atoms with Crippen LogP contribution in [0.25, 0.3) is 0 Å². The van der Waals surface area contributed by atoms with Gasteiger partial charge in [0.05, 0.1) is 0 Å². The Kier molecular flexibility index (Phi) is 7.03. The zero-order valence-electron chi connectivity index (χ0n) is 11.5. The summed E-state index contributed by atoms with van der Waals surface area (Å²) in [5.41, 5.74) is 2.58. The Hall–Kier alpha value is -0.850. The van der Waals surface area contributed by atoms with E-state index in [1.165, 1.54) is 11.1 Å². The van der Waals surface area contributed by atoms with Crippen LogP contribution in [-0.2, 0) is 4.79 Å². The first-order valence-electron chi connectivity index (χ1n) is 6.13. The summed E-state index contributed by atoms with van der Waals surface area (Å²) in [4.78, 5) is 11.2. The zero-order chi connectivity index (χ0) is 12.7. The Bertz CT molecular complexity index is 269. The van der Waals surface area contributed by atoms with Crippen LogP contribution in [0.5, 0.6) is 0 Å². The average molecular weight is 222 g/mol. The first-order valence-corrected chi connectivity index (χ1v) is 6.13. The molecule has 0 heterocycles. The van der Waals surface area contributed by atoms with Crippen molar-refractivity contribution in [1.82, 2.24) is 0 Å². The molecule has 2 atom stereocenters. The number of ketones is 1. The zero-order valence-corrected chi connectivity index (χ0v) is 11.5. The topological polar surface area (TPSA) is 17.1 Å². The Morgan fingerprint density at radius 2 is 1.75 bits per heavy atom. The van der Waals surface area contributed by atoms with Gasteiger partial charge in [0.1, 0.15) is 5.78 Å². The molecule has 16 heavy (non-hydrogen) atoms. The highest BCUT2D eigenvalue weighted by molar-refractivity contribution is 5.77. The van der Waals surface area contributed by atoms with E-state index >= 15 is 0 Å². The summed E-state index contributed by atoms with van der Waals surface area (Å²) in [7, 11) is 0. The van der Waals surface area contributed by atoms with Crippen LogP contribution in [0.4, 0.5) is 0 Å². The molecule has 1 heteroatoms. The maximum Gasteiger partial charge on any atom is 0.132 e. The van der Waals surface area contributed by atoms with Gasteiger partial charge < -0.3 is 0 Å². The van der Waals surface area contributed by atoms with E-state index < -0.39 is 0 Å². The summed E-state index contributed by atoms with van der Waals surface area (Å²) in [5.74, 6) is 1.01. The normalized spacial score (nSPS) is 14.1. The highest BCUT2D eigenvalue weighted by Gasteiger charge is 2.13. The first-order chi connectivity index (χ1) is 7.34. The first kappa shape index (κ1) is 15.2. The molecule has 0 aromatic rings. The fraction of sp³-hybridized carbons (Fsp3) is 0.667. The third-order valence-corrected chi connectivity index (χ3v) is 3.15. The molecule has 0 saturated heterocycles. The smallest absolute Gasteiger partial charge is 0.132 e. The van der Waals surface area contributed by atoms with E-state index in [2.05, 4.69) is 33.4 Å². The lowest BCUT2D eigenvalue weighted by Crippen LogP contribution is -2.09. The monoisotopic (exact) mass is 222 g/mol. The Morgan fingerprint density at radius 1 is 1.19 bits per heavy atom. The number of allylic oxidation sites excluding steroid dienone is 3. The number of hydrogen-bond donors (Lipinski definition) is 0. The largest absolute Gasteiger partial charge is 0.300 e. The fourth-order valence-electron chi connectivity index (χ4n) is 1.60. The standard InChI is InChI=1S/C15H26O/c1-11(2)7-9-15(12(3)4)10-8-13(5)14(6)16/h7,13,15H,3,8-10H2,1-2,4-6H3/t13?,15-/m1/s1. The van der Waals surface area contributed by atoms with Crippen molar-refractivity contribution in [3.05, 3.63) is 23.8 Å². The number of Topliss-reactive ketones (excluding diaryl/α,β-unsaturated/α-hetero) is 1. The molecule has 0 aromatic carbocycles. The minimum absolute atomic E-state index is 0.188. The summed E-state index contributed by atoms with van der Waals surface area (Å²) in [5, 5.41) is 0. The molecule has 0 saturated carbocycles. The third kappa shape index (κ3) is 6.60. The maximum atomic E-state index is 11.2. The highest BCUT2D eigenvalue weighted by Crippen LogP contribution is 2.23. The van der Waals surface area contributed by atoms with Gasteiger partial charge in [0, 0.05) is 5.92 Å². The number of carbonyl (C=O) groups excluding carboxylic acids is 1. The van der Waals surface area contributed by atoms with Crippen molar-refractivity contribution in [2.75, 3.05) is 0 Å². The van der Waals surface area contributed by atoms with Crippen molar-refractivity contribution < 1.29 is 4.79 Å². The maximum absolute atomic E-state index is 11.2. The number of rotatable bonds is 7. The lowest BCUT2D eigenvalue weighted by Gasteiger charge is -2.17. The van der Waals surface area contributed by atoms with E-state index in [1.807, 2.05) is 6.92 Å². The quantitative estimate of drug-likeness (QED) is 0.578. The van der Waals surface area contributed by atoms with Crippen LogP contribution >= 0.6 is 0 Å². The molecule has 0 aliphatic heterocycles. The lowest BCUT2D eigenvalue weighted by molar-refractivity contribution is -0.120. The molecular weight excluding hydrogens is 196 g/mol. The molecular formula is C15H26O. The minimum Gasteiger partial charge on any atom is -0.300 e. The van der Waals surface area contributed by atoms with Gasteiger partial charge in [0.25, 0.3) is 0 Å². The molecule has 1 nitrogen and oxygen atoms in total. The van der Waals surface area contributed by atoms with E-state index in [0.717, 1.165) is 19.3 Å². The number of hydrogen-bond acceptors (Lipinski definition) is 1. The molecule has 0 amide bonds. The van der Waals surface area contributed by atoms with Gasteiger partial charge in [-0.25, -0.2) is 0 Å². The molecule has 0 spiro atoms. The molecule has 0 aromatic heterocycles. The van der Waals surface area contributed by atoms with Gasteiger partial charge in [-0.05, 0) is 52.9 Å². The van der Waals surface area contributed by atoms with E-state index in [1.54, 1.807) is 6.92 Å². The van der Waals surface area contributed by atoms with E-state index in [4.69, 9.17) is 0 Å². The van der Waals surface area contributed by atoms with Crippen molar-refractivity contribution in [2.24, 2.45) is 11.8 Å². The Labute approximate surface area is 101 Å². The molecule has 0 aliphatic rings. The van der Waals surface area contributed by atoms with Crippen LogP contribution in [0, 0.1) is 11.8 Å². The van der Waals surface area contributed by atoms with Crippen molar-refractivity contribution in [1.29, 1.82) is 0 Å². The van der Waals surface area contributed by atoms with E-state index in [9.17, 15) is 4.79 Å². The SMILES string of the molecule is C=C(C)[C@H](CC=C(C)C)CCC(C)C(C)=O. The van der Waals surface area contributed by atoms with Gasteiger partial charge in [0.15, 0.2) is 0 Å². The fourth-order valence-corrected chi connectivity index (χ4v) is 1.60. The van der Waals surface area contributed by atoms with E-state index in [0.29, 0.717) is 11.7 Å². The molecule has 0 fully saturated rings. The summed E-state index contributed by atoms with van der Waals surface area (Å²) in [6.07, 6.45) is 5.36. The van der Waals surface area contributed by atoms with Gasteiger partial charge in [-0.1, -0.05) is 30.7 Å². The second-order valence-corrected chi connectivity index (χ2v) is 5.15. The predicted molar refractivity (Wildman–Crippen MR) is 71.4 cm³/mol. The van der Waals surface area contributed by atoms with Crippen molar-refractivity contribution in [3.63, 3.8) is 0 Å². The second-order valence-electron chi connectivity index (χ2n) is 5.15. The second kappa shape index (κ2) is 7.43. The van der Waals surface area contributed by atoms with Crippen molar-refractivity contribution in [2.45, 2.75) is 53.9 Å². The van der Waals surface area contributed by atoms with Crippen LogP contribution in [-0.4, -0.2) is 5.78 Å². The molecule has 0 N–H and O–H groups in total. The number of carbonyl (C=O) groups is 1. The highest BCUT2D eigenvalue weighted by atomic mass is 16.1. The van der Waals surface area contributed by atoms with Gasteiger partial charge in [-0.2, -0.15) is 0 Å². The molecule has 0 rings (SSSR count). The Morgan fingerprint density at radius 3 is 2.12 bits per heavy atom. The minimum atomic E-state index is 0.188. The summed E-state index contributed by atoms with van der Waals surface area (Å²) < 4.78 is 0. The molecule has 92 valence electrons. The lowest BCUT2D eigenvalue weighted by atomic mass is 9.88. The predicted octanol–water partition coefficient (Wildman–Crippen LogP) is 4.54. The summed E-state index contributed by atoms with van der Waals surface area (Å²) in [6.45, 7) is 14.1. The van der Waals surface area contributed by atoms with Crippen molar-refractivity contribution >= 4 is 5.78 Å². The van der Waals surface area contributed by atoms with Gasteiger partial charge in [-0.3, -0.25) is 4.79 Å². The molecule has 0 aliphatic carbocycles. The van der Waals surface area contributed by atoms with Crippen LogP contribution in [0.15, 0.2) is 23.8 Å². The van der Waals surface area contributed by atoms with Crippen LogP contribution in [0.3, 0.4) is 0 Å². The van der Waals surface area contributed by atoms with Gasteiger partial charge >= 0.3 is 0 Å². The summed E-state index contributed by atoms with van der Waals surface area (Å²) >= 11 is 0. The van der Waals surface area contributed by atoms with Crippen molar-refractivity contribution in [3.8, 4) is 0 Å².